The van der Waals surface area contributed by atoms with Gasteiger partial charge < -0.3 is 4.74 Å². The molecule has 1 aromatic rings. The number of benzene rings is 1. The van der Waals surface area contributed by atoms with E-state index in [-0.39, 0.29) is 0 Å². The highest BCUT2D eigenvalue weighted by atomic mass is 16.5. The summed E-state index contributed by atoms with van der Waals surface area (Å²) in [6.07, 6.45) is 12.5. The van der Waals surface area contributed by atoms with Gasteiger partial charge in [0, 0.05) is 13.7 Å². The molecule has 0 saturated heterocycles. The standard InChI is InChI=1S/C12H26O.C7H8/c1-3-4-5-6-7-8-9-10-11-12-13-2;1-7-5-3-2-4-6-7/h3-12H2,1-2H3;2-6H,1H3. The molecule has 0 radical (unpaired) electrons. The lowest BCUT2D eigenvalue weighted by Crippen LogP contribution is -1.88. The molecule has 0 aliphatic rings. The first-order valence-electron chi connectivity index (χ1n) is 8.31. The lowest BCUT2D eigenvalue weighted by molar-refractivity contribution is 0.192. The van der Waals surface area contributed by atoms with Gasteiger partial charge in [0.2, 0.25) is 0 Å². The zero-order valence-electron chi connectivity index (χ0n) is 13.9. The Hall–Kier alpha value is -0.820. The fourth-order valence-corrected chi connectivity index (χ4v) is 2.09. The van der Waals surface area contributed by atoms with Crippen LogP contribution in [0.15, 0.2) is 30.3 Å². The van der Waals surface area contributed by atoms with Crippen molar-refractivity contribution in [2.24, 2.45) is 0 Å². The molecular formula is C19H34O. The van der Waals surface area contributed by atoms with Crippen LogP contribution in [0.1, 0.15) is 70.3 Å². The highest BCUT2D eigenvalue weighted by molar-refractivity contribution is 5.11. The second-order valence-corrected chi connectivity index (χ2v) is 5.48. The van der Waals surface area contributed by atoms with Crippen molar-refractivity contribution in [2.45, 2.75) is 71.6 Å². The Kier molecular flexibility index (Phi) is 15.6. The molecule has 0 spiro atoms. The second-order valence-electron chi connectivity index (χ2n) is 5.48. The van der Waals surface area contributed by atoms with E-state index < -0.39 is 0 Å². The fraction of sp³-hybridized carbons (Fsp3) is 0.684. The molecule has 0 amide bonds. The first kappa shape index (κ1) is 19.2. The van der Waals surface area contributed by atoms with Gasteiger partial charge in [-0.3, -0.25) is 0 Å². The summed E-state index contributed by atoms with van der Waals surface area (Å²) in [5.41, 5.74) is 1.32. The van der Waals surface area contributed by atoms with E-state index in [2.05, 4.69) is 26.0 Å². The van der Waals surface area contributed by atoms with Crippen molar-refractivity contribution >= 4 is 0 Å². The van der Waals surface area contributed by atoms with Crippen LogP contribution >= 0.6 is 0 Å². The first-order valence-corrected chi connectivity index (χ1v) is 8.31. The van der Waals surface area contributed by atoms with E-state index in [1.54, 1.807) is 7.11 Å². The van der Waals surface area contributed by atoms with Crippen LogP contribution in [0.2, 0.25) is 0 Å². The zero-order chi connectivity index (χ0) is 14.9. The Morgan fingerprint density at radius 2 is 1.25 bits per heavy atom. The average Bonchev–Trinajstić information content (AvgIpc) is 2.47. The topological polar surface area (TPSA) is 9.23 Å². The SMILES string of the molecule is CCCCCCCCCCCOC.Cc1ccccc1. The number of methoxy groups -OCH3 is 1. The van der Waals surface area contributed by atoms with Crippen molar-refractivity contribution < 1.29 is 4.74 Å². The Bertz CT molecular complexity index is 258. The highest BCUT2D eigenvalue weighted by Gasteiger charge is 1.91. The molecule has 0 fully saturated rings. The number of rotatable bonds is 10. The molecule has 20 heavy (non-hydrogen) atoms. The van der Waals surface area contributed by atoms with Gasteiger partial charge in [-0.25, -0.2) is 0 Å². The maximum absolute atomic E-state index is 5.00. The van der Waals surface area contributed by atoms with Crippen molar-refractivity contribution in [3.05, 3.63) is 35.9 Å². The molecule has 116 valence electrons. The van der Waals surface area contributed by atoms with Crippen molar-refractivity contribution in [3.8, 4) is 0 Å². The van der Waals surface area contributed by atoms with Crippen LogP contribution in [0, 0.1) is 6.92 Å². The third-order valence-electron chi connectivity index (χ3n) is 3.39. The van der Waals surface area contributed by atoms with Crippen LogP contribution in [0.5, 0.6) is 0 Å². The van der Waals surface area contributed by atoms with E-state index in [4.69, 9.17) is 4.74 Å². The van der Waals surface area contributed by atoms with Gasteiger partial charge in [0.15, 0.2) is 0 Å². The predicted octanol–water partition coefficient (Wildman–Crippen LogP) is 6.16. The molecule has 0 bridgehead atoms. The Labute approximate surface area is 126 Å². The van der Waals surface area contributed by atoms with Gasteiger partial charge in [0.05, 0.1) is 0 Å². The lowest BCUT2D eigenvalue weighted by atomic mass is 10.1. The molecule has 1 aromatic carbocycles. The summed E-state index contributed by atoms with van der Waals surface area (Å²) in [5, 5.41) is 0. The van der Waals surface area contributed by atoms with Gasteiger partial charge in [0.25, 0.3) is 0 Å². The van der Waals surface area contributed by atoms with Crippen LogP contribution in [0.25, 0.3) is 0 Å². The van der Waals surface area contributed by atoms with Gasteiger partial charge >= 0.3 is 0 Å². The number of hydrogen-bond acceptors (Lipinski definition) is 1. The normalized spacial score (nSPS) is 9.95. The van der Waals surface area contributed by atoms with E-state index in [1.807, 2.05) is 18.2 Å². The fourth-order valence-electron chi connectivity index (χ4n) is 2.09. The number of ether oxygens (including phenoxy) is 1. The maximum Gasteiger partial charge on any atom is 0.0462 e. The molecule has 0 atom stereocenters. The maximum atomic E-state index is 5.00. The van der Waals surface area contributed by atoms with E-state index in [0.29, 0.717) is 0 Å². The summed E-state index contributed by atoms with van der Waals surface area (Å²) in [7, 11) is 1.78. The van der Waals surface area contributed by atoms with Crippen molar-refractivity contribution in [1.82, 2.24) is 0 Å². The minimum Gasteiger partial charge on any atom is -0.385 e. The van der Waals surface area contributed by atoms with Gasteiger partial charge in [-0.1, -0.05) is 94.2 Å². The summed E-state index contributed by atoms with van der Waals surface area (Å²) in [5.74, 6) is 0. The van der Waals surface area contributed by atoms with Crippen molar-refractivity contribution in [3.63, 3.8) is 0 Å². The third-order valence-corrected chi connectivity index (χ3v) is 3.39. The van der Waals surface area contributed by atoms with Crippen LogP contribution < -0.4 is 0 Å². The van der Waals surface area contributed by atoms with E-state index in [0.717, 1.165) is 6.61 Å². The highest BCUT2D eigenvalue weighted by Crippen LogP contribution is 2.09. The summed E-state index contributed by atoms with van der Waals surface area (Å²) in [6, 6.07) is 10.3. The molecule has 1 nitrogen and oxygen atoms in total. The van der Waals surface area contributed by atoms with Gasteiger partial charge in [-0.05, 0) is 13.3 Å². The monoisotopic (exact) mass is 278 g/mol. The number of unbranched alkanes of at least 4 members (excludes halogenated alkanes) is 8. The molecule has 1 heteroatoms. The summed E-state index contributed by atoms with van der Waals surface area (Å²) >= 11 is 0. The second kappa shape index (κ2) is 16.2. The van der Waals surface area contributed by atoms with Crippen LogP contribution in [-0.4, -0.2) is 13.7 Å². The molecular weight excluding hydrogens is 244 g/mol. The molecule has 0 N–H and O–H groups in total. The average molecular weight is 278 g/mol. The molecule has 0 aliphatic heterocycles. The van der Waals surface area contributed by atoms with Crippen molar-refractivity contribution in [2.75, 3.05) is 13.7 Å². The quantitative estimate of drug-likeness (QED) is 0.466. The number of hydrogen-bond donors (Lipinski definition) is 0. The molecule has 1 rings (SSSR count). The molecule has 0 heterocycles. The molecule has 0 aromatic heterocycles. The Balaban J connectivity index is 0.000000428. The van der Waals surface area contributed by atoms with E-state index in [1.165, 1.54) is 63.4 Å². The third kappa shape index (κ3) is 15.2. The zero-order valence-corrected chi connectivity index (χ0v) is 13.9. The predicted molar refractivity (Wildman–Crippen MR) is 90.3 cm³/mol. The van der Waals surface area contributed by atoms with E-state index >= 15 is 0 Å². The van der Waals surface area contributed by atoms with E-state index in [9.17, 15) is 0 Å². The molecule has 0 aliphatic carbocycles. The van der Waals surface area contributed by atoms with Gasteiger partial charge in [-0.15, -0.1) is 0 Å². The number of aryl methyl sites for hydroxylation is 1. The minimum atomic E-state index is 0.940. The van der Waals surface area contributed by atoms with Crippen LogP contribution in [0.4, 0.5) is 0 Å². The van der Waals surface area contributed by atoms with Crippen molar-refractivity contribution in [1.29, 1.82) is 0 Å². The Morgan fingerprint density at radius 3 is 1.65 bits per heavy atom. The van der Waals surface area contributed by atoms with Gasteiger partial charge in [0.1, 0.15) is 0 Å². The summed E-state index contributed by atoms with van der Waals surface area (Å²) in [4.78, 5) is 0. The molecule has 0 saturated carbocycles. The summed E-state index contributed by atoms with van der Waals surface area (Å²) < 4.78 is 5.00. The van der Waals surface area contributed by atoms with Crippen LogP contribution in [-0.2, 0) is 4.74 Å². The first-order chi connectivity index (χ1) is 9.81. The lowest BCUT2D eigenvalue weighted by Gasteiger charge is -2.01. The largest absolute Gasteiger partial charge is 0.385 e. The molecule has 0 unspecified atom stereocenters. The smallest absolute Gasteiger partial charge is 0.0462 e. The van der Waals surface area contributed by atoms with Crippen LogP contribution in [0.3, 0.4) is 0 Å². The van der Waals surface area contributed by atoms with Gasteiger partial charge in [-0.2, -0.15) is 0 Å². The minimum absolute atomic E-state index is 0.940. The summed E-state index contributed by atoms with van der Waals surface area (Å²) in [6.45, 7) is 5.29. The Morgan fingerprint density at radius 1 is 0.750 bits per heavy atom.